The van der Waals surface area contributed by atoms with Gasteiger partial charge < -0.3 is 0 Å². The molecule has 0 atom stereocenters. The van der Waals surface area contributed by atoms with Crippen molar-refractivity contribution < 1.29 is 8.42 Å². The second-order valence-electron chi connectivity index (χ2n) is 5.69. The lowest BCUT2D eigenvalue weighted by atomic mass is 9.93. The molecule has 0 unspecified atom stereocenters. The summed E-state index contributed by atoms with van der Waals surface area (Å²) in [5.41, 5.74) is 0.961. The van der Waals surface area contributed by atoms with Crippen LogP contribution < -0.4 is 4.72 Å². The van der Waals surface area contributed by atoms with Crippen LogP contribution in [-0.4, -0.2) is 33.0 Å². The van der Waals surface area contributed by atoms with E-state index < -0.39 is 10.0 Å². The molecule has 3 aromatic heterocycles. The fourth-order valence-corrected chi connectivity index (χ4v) is 3.59. The molecule has 124 valence electrons. The van der Waals surface area contributed by atoms with Crippen LogP contribution in [-0.2, 0) is 10.0 Å². The number of aromatic nitrogens is 5. The smallest absolute Gasteiger partial charge is 0.265 e. The molecule has 0 bridgehead atoms. The zero-order chi connectivity index (χ0) is 16.6. The molecule has 8 nitrogen and oxygen atoms in total. The minimum absolute atomic E-state index is 0.143. The molecular weight excluding hydrogens is 328 g/mol. The fourth-order valence-electron chi connectivity index (χ4n) is 2.59. The quantitative estimate of drug-likeness (QED) is 0.764. The summed E-state index contributed by atoms with van der Waals surface area (Å²) in [5, 5.41) is 8.32. The maximum atomic E-state index is 12.6. The van der Waals surface area contributed by atoms with Crippen molar-refractivity contribution in [3.05, 3.63) is 49.3 Å². The normalized spacial score (nSPS) is 15.2. The summed E-state index contributed by atoms with van der Waals surface area (Å²) in [4.78, 5) is 4.14. The van der Waals surface area contributed by atoms with Gasteiger partial charge in [0.25, 0.3) is 10.0 Å². The van der Waals surface area contributed by atoms with Crippen LogP contribution in [0.2, 0.25) is 0 Å². The van der Waals surface area contributed by atoms with E-state index in [1.54, 1.807) is 46.3 Å². The SMILES string of the molecule is O=S(=O)(Nc1cnccc1-n1cccn1)c1cnn(C2CCC2)c1. The third kappa shape index (κ3) is 2.67. The number of nitrogens with one attached hydrogen (secondary N) is 1. The predicted octanol–water partition coefficient (Wildman–Crippen LogP) is 1.99. The molecule has 1 N–H and O–H groups in total. The summed E-state index contributed by atoms with van der Waals surface area (Å²) < 4.78 is 31.2. The van der Waals surface area contributed by atoms with E-state index in [-0.39, 0.29) is 4.90 Å². The Hall–Kier alpha value is -2.68. The van der Waals surface area contributed by atoms with Gasteiger partial charge in [-0.15, -0.1) is 0 Å². The Balaban J connectivity index is 1.64. The third-order valence-electron chi connectivity index (χ3n) is 4.13. The third-order valence-corrected chi connectivity index (χ3v) is 5.45. The molecule has 1 aliphatic carbocycles. The van der Waals surface area contributed by atoms with Crippen LogP contribution in [0.25, 0.3) is 5.69 Å². The number of rotatable bonds is 5. The zero-order valence-corrected chi connectivity index (χ0v) is 13.6. The highest BCUT2D eigenvalue weighted by Gasteiger charge is 2.24. The van der Waals surface area contributed by atoms with Crippen LogP contribution in [0.1, 0.15) is 25.3 Å². The molecular formula is C15H16N6O2S. The van der Waals surface area contributed by atoms with Gasteiger partial charge in [-0.2, -0.15) is 10.2 Å². The minimum atomic E-state index is -3.74. The maximum absolute atomic E-state index is 12.6. The molecule has 0 spiro atoms. The highest BCUT2D eigenvalue weighted by molar-refractivity contribution is 7.92. The van der Waals surface area contributed by atoms with Gasteiger partial charge in [-0.1, -0.05) is 0 Å². The number of nitrogens with zero attached hydrogens (tertiary/aromatic N) is 5. The summed E-state index contributed by atoms with van der Waals surface area (Å²) in [6, 6.07) is 3.77. The van der Waals surface area contributed by atoms with Crippen molar-refractivity contribution in [3.8, 4) is 5.69 Å². The lowest BCUT2D eigenvalue weighted by Gasteiger charge is -2.25. The molecule has 0 radical (unpaired) electrons. The van der Waals surface area contributed by atoms with Crippen molar-refractivity contribution in [2.75, 3.05) is 4.72 Å². The first-order valence-corrected chi connectivity index (χ1v) is 9.13. The Labute approximate surface area is 139 Å². The van der Waals surface area contributed by atoms with Crippen molar-refractivity contribution >= 4 is 15.7 Å². The van der Waals surface area contributed by atoms with E-state index >= 15 is 0 Å². The summed E-state index contributed by atoms with van der Waals surface area (Å²) in [6.07, 6.45) is 12.6. The van der Waals surface area contributed by atoms with Crippen LogP contribution in [0.3, 0.4) is 0 Å². The predicted molar refractivity (Wildman–Crippen MR) is 87.3 cm³/mol. The van der Waals surface area contributed by atoms with Gasteiger partial charge in [0.1, 0.15) is 4.90 Å². The van der Waals surface area contributed by atoms with Crippen LogP contribution in [0.15, 0.2) is 54.2 Å². The maximum Gasteiger partial charge on any atom is 0.265 e. The Morgan fingerprint density at radius 1 is 1.17 bits per heavy atom. The first-order valence-electron chi connectivity index (χ1n) is 7.64. The number of pyridine rings is 1. The molecule has 3 heterocycles. The molecule has 4 rings (SSSR count). The molecule has 0 amide bonds. The second kappa shape index (κ2) is 5.75. The lowest BCUT2D eigenvalue weighted by molar-refractivity contribution is 0.289. The fraction of sp³-hybridized carbons (Fsp3) is 0.267. The van der Waals surface area contributed by atoms with Gasteiger partial charge in [-0.05, 0) is 31.4 Å². The van der Waals surface area contributed by atoms with E-state index in [0.717, 1.165) is 19.3 Å². The summed E-state index contributed by atoms with van der Waals surface area (Å²) >= 11 is 0. The lowest BCUT2D eigenvalue weighted by Crippen LogP contribution is -2.18. The monoisotopic (exact) mass is 344 g/mol. The average Bonchev–Trinajstić information content (AvgIpc) is 3.17. The van der Waals surface area contributed by atoms with Crippen LogP contribution in [0, 0.1) is 0 Å². The Morgan fingerprint density at radius 2 is 2.04 bits per heavy atom. The topological polar surface area (TPSA) is 94.7 Å². The van der Waals surface area contributed by atoms with Crippen molar-refractivity contribution in [2.24, 2.45) is 0 Å². The second-order valence-corrected chi connectivity index (χ2v) is 7.37. The van der Waals surface area contributed by atoms with Gasteiger partial charge in [0.15, 0.2) is 0 Å². The van der Waals surface area contributed by atoms with E-state index in [1.165, 1.54) is 12.4 Å². The van der Waals surface area contributed by atoms with E-state index in [1.807, 2.05) is 0 Å². The molecule has 3 aromatic rings. The van der Waals surface area contributed by atoms with Crippen molar-refractivity contribution in [1.82, 2.24) is 24.5 Å². The molecule has 0 aliphatic heterocycles. The Morgan fingerprint density at radius 3 is 2.75 bits per heavy atom. The van der Waals surface area contributed by atoms with E-state index in [9.17, 15) is 8.42 Å². The standard InChI is InChI=1S/C15H16N6O2S/c22-24(23,13-9-18-21(11-13)12-3-1-4-12)19-14-10-16-7-5-15(14)20-8-2-6-17-20/h2,5-12,19H,1,3-4H2. The first kappa shape index (κ1) is 14.9. The zero-order valence-electron chi connectivity index (χ0n) is 12.8. The van der Waals surface area contributed by atoms with Crippen LogP contribution >= 0.6 is 0 Å². The molecule has 9 heteroatoms. The van der Waals surface area contributed by atoms with Crippen molar-refractivity contribution in [3.63, 3.8) is 0 Å². The molecule has 1 saturated carbocycles. The molecule has 0 aromatic carbocycles. The van der Waals surface area contributed by atoms with E-state index in [0.29, 0.717) is 17.4 Å². The number of anilines is 1. The summed E-state index contributed by atoms with van der Waals surface area (Å²) in [7, 11) is -3.74. The molecule has 0 saturated heterocycles. The number of hydrogen-bond acceptors (Lipinski definition) is 5. The van der Waals surface area contributed by atoms with Crippen molar-refractivity contribution in [1.29, 1.82) is 0 Å². The van der Waals surface area contributed by atoms with Crippen LogP contribution in [0.5, 0.6) is 0 Å². The molecule has 1 aliphatic rings. The largest absolute Gasteiger partial charge is 0.276 e. The summed E-state index contributed by atoms with van der Waals surface area (Å²) in [6.45, 7) is 0. The van der Waals surface area contributed by atoms with Gasteiger partial charge in [0.05, 0.1) is 29.8 Å². The number of hydrogen-bond donors (Lipinski definition) is 1. The average molecular weight is 344 g/mol. The first-order chi connectivity index (χ1) is 11.6. The molecule has 24 heavy (non-hydrogen) atoms. The van der Waals surface area contributed by atoms with E-state index in [4.69, 9.17) is 0 Å². The minimum Gasteiger partial charge on any atom is -0.276 e. The van der Waals surface area contributed by atoms with Gasteiger partial charge >= 0.3 is 0 Å². The van der Waals surface area contributed by atoms with Crippen LogP contribution in [0.4, 0.5) is 5.69 Å². The molecule has 1 fully saturated rings. The summed E-state index contributed by atoms with van der Waals surface area (Å²) in [5.74, 6) is 0. The van der Waals surface area contributed by atoms with Gasteiger partial charge in [0.2, 0.25) is 0 Å². The number of sulfonamides is 1. The Bertz CT molecular complexity index is 944. The van der Waals surface area contributed by atoms with Gasteiger partial charge in [0, 0.05) is 24.8 Å². The van der Waals surface area contributed by atoms with E-state index in [2.05, 4.69) is 19.9 Å². The van der Waals surface area contributed by atoms with Gasteiger partial charge in [-0.25, -0.2) is 13.1 Å². The van der Waals surface area contributed by atoms with Gasteiger partial charge in [-0.3, -0.25) is 14.4 Å². The van der Waals surface area contributed by atoms with Crippen molar-refractivity contribution in [2.45, 2.75) is 30.2 Å². The highest BCUT2D eigenvalue weighted by atomic mass is 32.2. The Kier molecular flexibility index (Phi) is 3.57. The highest BCUT2D eigenvalue weighted by Crippen LogP contribution is 2.31.